The number of anilines is 2. The first-order valence-corrected chi connectivity index (χ1v) is 11.2. The lowest BCUT2D eigenvalue weighted by atomic mass is 9.93. The normalized spacial score (nSPS) is 21.5. The van der Waals surface area contributed by atoms with E-state index in [1.807, 2.05) is 12.1 Å². The number of rotatable bonds is 5. The van der Waals surface area contributed by atoms with Crippen LogP contribution < -0.4 is 20.5 Å². The van der Waals surface area contributed by atoms with Crippen LogP contribution in [0, 0.1) is 0 Å². The van der Waals surface area contributed by atoms with Crippen LogP contribution in [0.15, 0.2) is 41.6 Å². The number of hydrogen-bond donors (Lipinski definition) is 1. The molecule has 9 heteroatoms. The highest BCUT2D eigenvalue weighted by Gasteiger charge is 2.25. The molecule has 1 saturated heterocycles. The number of nitrogens with zero attached hydrogens (tertiary/aromatic N) is 5. The smallest absolute Gasteiger partial charge is 0.269 e. The topological polar surface area (TPSA) is 94.4 Å². The SMILES string of the molecule is Cn1c(=O)cnc2cc(N3CCOCC3)cc(O[C@H]3CC[C@@H](Nc4ncccn4)CC3)c21. The van der Waals surface area contributed by atoms with Gasteiger partial charge in [-0.25, -0.2) is 15.0 Å². The molecule has 2 aliphatic rings. The Hall–Kier alpha value is -3.20. The number of ether oxygens (including phenoxy) is 2. The Morgan fingerprint density at radius 2 is 1.81 bits per heavy atom. The van der Waals surface area contributed by atoms with Crippen molar-refractivity contribution in [2.75, 3.05) is 36.5 Å². The summed E-state index contributed by atoms with van der Waals surface area (Å²) in [6.45, 7) is 3.07. The van der Waals surface area contributed by atoms with Gasteiger partial charge in [0.2, 0.25) is 5.95 Å². The van der Waals surface area contributed by atoms with E-state index in [4.69, 9.17) is 9.47 Å². The minimum atomic E-state index is -0.141. The Bertz CT molecular complexity index is 1120. The fourth-order valence-corrected chi connectivity index (χ4v) is 4.49. The van der Waals surface area contributed by atoms with Gasteiger partial charge in [-0.2, -0.15) is 0 Å². The van der Waals surface area contributed by atoms with Crippen molar-refractivity contribution in [3.05, 3.63) is 47.1 Å². The fraction of sp³-hybridized carbons (Fsp3) is 0.478. The van der Waals surface area contributed by atoms with Gasteiger partial charge in [-0.15, -0.1) is 0 Å². The summed E-state index contributed by atoms with van der Waals surface area (Å²) in [6.07, 6.45) is 8.73. The maximum Gasteiger partial charge on any atom is 0.269 e. The van der Waals surface area contributed by atoms with E-state index in [0.29, 0.717) is 25.2 Å². The average molecular weight is 437 g/mol. The van der Waals surface area contributed by atoms with Gasteiger partial charge in [0, 0.05) is 50.3 Å². The Balaban J connectivity index is 1.36. The van der Waals surface area contributed by atoms with E-state index in [9.17, 15) is 4.79 Å². The molecule has 32 heavy (non-hydrogen) atoms. The van der Waals surface area contributed by atoms with Crippen molar-refractivity contribution in [3.8, 4) is 5.75 Å². The fourth-order valence-electron chi connectivity index (χ4n) is 4.49. The van der Waals surface area contributed by atoms with Gasteiger partial charge in [-0.3, -0.25) is 4.79 Å². The summed E-state index contributed by atoms with van der Waals surface area (Å²) in [5.74, 6) is 1.39. The second-order valence-electron chi connectivity index (χ2n) is 8.37. The number of fused-ring (bicyclic) bond motifs is 1. The van der Waals surface area contributed by atoms with Crippen LogP contribution in [0.5, 0.6) is 5.75 Å². The molecular formula is C23H28N6O3. The number of nitrogens with one attached hydrogen (secondary N) is 1. The summed E-state index contributed by atoms with van der Waals surface area (Å²) in [5.41, 5.74) is 2.42. The van der Waals surface area contributed by atoms with E-state index in [1.165, 1.54) is 6.20 Å². The summed E-state index contributed by atoms with van der Waals surface area (Å²) in [4.78, 5) is 27.5. The monoisotopic (exact) mass is 436 g/mol. The highest BCUT2D eigenvalue weighted by Crippen LogP contribution is 2.33. The standard InChI is InChI=1S/C23H28N6O3/c1-28-21(30)15-26-19-13-17(29-9-11-31-12-10-29)14-20(22(19)28)32-18-5-3-16(4-6-18)27-23-24-7-2-8-25-23/h2,7-8,13-16,18H,3-6,9-12H2,1H3,(H,24,25,27)/t16-,18+. The molecule has 2 fully saturated rings. The number of aromatic nitrogens is 4. The molecule has 0 unspecified atom stereocenters. The van der Waals surface area contributed by atoms with E-state index in [2.05, 4.69) is 31.2 Å². The van der Waals surface area contributed by atoms with Gasteiger partial charge in [0.25, 0.3) is 5.56 Å². The molecule has 0 radical (unpaired) electrons. The molecule has 1 aliphatic heterocycles. The van der Waals surface area contributed by atoms with Crippen molar-refractivity contribution in [2.24, 2.45) is 7.05 Å². The van der Waals surface area contributed by atoms with Crippen LogP contribution in [0.3, 0.4) is 0 Å². The quantitative estimate of drug-likeness (QED) is 0.652. The summed E-state index contributed by atoms with van der Waals surface area (Å²) < 4.78 is 13.6. The van der Waals surface area contributed by atoms with Gasteiger partial charge in [-0.05, 0) is 37.8 Å². The lowest BCUT2D eigenvalue weighted by Gasteiger charge is -2.31. The van der Waals surface area contributed by atoms with E-state index >= 15 is 0 Å². The second kappa shape index (κ2) is 9.12. The van der Waals surface area contributed by atoms with Crippen molar-refractivity contribution < 1.29 is 9.47 Å². The molecular weight excluding hydrogens is 408 g/mol. The molecule has 1 aromatic carbocycles. The summed E-state index contributed by atoms with van der Waals surface area (Å²) in [6, 6.07) is 6.23. The molecule has 9 nitrogen and oxygen atoms in total. The van der Waals surface area contributed by atoms with Gasteiger partial charge in [0.1, 0.15) is 11.3 Å². The van der Waals surface area contributed by atoms with E-state index in [-0.39, 0.29) is 11.7 Å². The predicted octanol–water partition coefficient (Wildman–Crippen LogP) is 2.36. The van der Waals surface area contributed by atoms with Gasteiger partial charge >= 0.3 is 0 Å². The average Bonchev–Trinajstić information content (AvgIpc) is 2.84. The van der Waals surface area contributed by atoms with Gasteiger partial charge < -0.3 is 24.3 Å². The first-order chi connectivity index (χ1) is 15.7. The third-order valence-electron chi connectivity index (χ3n) is 6.26. The molecule has 0 spiro atoms. The summed E-state index contributed by atoms with van der Waals surface area (Å²) in [5, 5.41) is 3.41. The first-order valence-electron chi connectivity index (χ1n) is 11.2. The van der Waals surface area contributed by atoms with Crippen LogP contribution in [-0.2, 0) is 11.8 Å². The zero-order chi connectivity index (χ0) is 21.9. The zero-order valence-electron chi connectivity index (χ0n) is 18.2. The van der Waals surface area contributed by atoms with Gasteiger partial charge in [-0.1, -0.05) is 0 Å². The highest BCUT2D eigenvalue weighted by molar-refractivity contribution is 5.85. The maximum absolute atomic E-state index is 12.3. The third kappa shape index (κ3) is 4.38. The molecule has 1 aliphatic carbocycles. The number of hydrogen-bond acceptors (Lipinski definition) is 8. The third-order valence-corrected chi connectivity index (χ3v) is 6.26. The van der Waals surface area contributed by atoms with E-state index in [0.717, 1.165) is 61.2 Å². The molecule has 1 N–H and O–H groups in total. The second-order valence-corrected chi connectivity index (χ2v) is 8.37. The van der Waals surface area contributed by atoms with E-state index < -0.39 is 0 Å². The molecule has 0 atom stereocenters. The Morgan fingerprint density at radius 1 is 1.06 bits per heavy atom. The van der Waals surface area contributed by atoms with Crippen molar-refractivity contribution in [3.63, 3.8) is 0 Å². The van der Waals surface area contributed by atoms with Crippen LogP contribution in [0.25, 0.3) is 11.0 Å². The van der Waals surface area contributed by atoms with Gasteiger partial charge in [0.15, 0.2) is 0 Å². The Kier molecular flexibility index (Phi) is 5.89. The predicted molar refractivity (Wildman–Crippen MR) is 122 cm³/mol. The molecule has 2 aromatic heterocycles. The lowest BCUT2D eigenvalue weighted by molar-refractivity contribution is 0.122. The van der Waals surface area contributed by atoms with Crippen molar-refractivity contribution in [2.45, 2.75) is 37.8 Å². The van der Waals surface area contributed by atoms with E-state index in [1.54, 1.807) is 24.0 Å². The molecule has 3 heterocycles. The zero-order valence-corrected chi connectivity index (χ0v) is 18.2. The van der Waals surface area contributed by atoms with Crippen LogP contribution in [0.4, 0.5) is 11.6 Å². The molecule has 1 saturated carbocycles. The maximum atomic E-state index is 12.3. The van der Waals surface area contributed by atoms with Crippen LogP contribution in [0.1, 0.15) is 25.7 Å². The van der Waals surface area contributed by atoms with Crippen molar-refractivity contribution in [1.29, 1.82) is 0 Å². The van der Waals surface area contributed by atoms with Crippen LogP contribution >= 0.6 is 0 Å². The molecule has 5 rings (SSSR count). The highest BCUT2D eigenvalue weighted by atomic mass is 16.5. The minimum absolute atomic E-state index is 0.0863. The molecule has 3 aromatic rings. The number of morpholine rings is 1. The van der Waals surface area contributed by atoms with Gasteiger partial charge in [0.05, 0.1) is 31.0 Å². The Morgan fingerprint density at radius 3 is 2.56 bits per heavy atom. The van der Waals surface area contributed by atoms with Crippen molar-refractivity contribution >= 4 is 22.7 Å². The number of benzene rings is 1. The lowest BCUT2D eigenvalue weighted by Crippen LogP contribution is -2.36. The number of aryl methyl sites for hydroxylation is 1. The van der Waals surface area contributed by atoms with Crippen molar-refractivity contribution in [1.82, 2.24) is 19.5 Å². The molecule has 168 valence electrons. The largest absolute Gasteiger partial charge is 0.488 e. The first kappa shape index (κ1) is 20.7. The molecule has 0 bridgehead atoms. The molecule has 0 amide bonds. The summed E-state index contributed by atoms with van der Waals surface area (Å²) in [7, 11) is 1.77. The van der Waals surface area contributed by atoms with Crippen LogP contribution in [0.2, 0.25) is 0 Å². The Labute approximate surface area is 186 Å². The summed E-state index contributed by atoms with van der Waals surface area (Å²) >= 11 is 0. The van der Waals surface area contributed by atoms with Crippen LogP contribution in [-0.4, -0.2) is 58.0 Å². The minimum Gasteiger partial charge on any atom is -0.488 e.